The van der Waals surface area contributed by atoms with Gasteiger partial charge in [-0.25, -0.2) is 0 Å². The number of halogens is 1. The molecule has 1 aromatic rings. The average Bonchev–Trinajstić information content (AvgIpc) is 2.62. The van der Waals surface area contributed by atoms with Crippen LogP contribution in [0.3, 0.4) is 0 Å². The van der Waals surface area contributed by atoms with Crippen LogP contribution in [0.1, 0.15) is 29.8 Å². The highest BCUT2D eigenvalue weighted by atomic mass is 35.5. The Morgan fingerprint density at radius 3 is 2.80 bits per heavy atom. The quantitative estimate of drug-likeness (QED) is 0.877. The second-order valence-electron chi connectivity index (χ2n) is 5.02. The number of nitrogens with one attached hydrogen (secondary N) is 2. The molecule has 0 radical (unpaired) electrons. The number of amides is 1. The van der Waals surface area contributed by atoms with E-state index in [4.69, 9.17) is 0 Å². The Hall–Kier alpha value is -0.850. The Morgan fingerprint density at radius 2 is 2.25 bits per heavy atom. The fraction of sp³-hybridized carbons (Fsp3) is 0.692. The van der Waals surface area contributed by atoms with E-state index in [9.17, 15) is 9.59 Å². The molecule has 2 heterocycles. The Morgan fingerprint density at radius 1 is 1.50 bits per heavy atom. The van der Waals surface area contributed by atoms with E-state index in [2.05, 4.69) is 10.6 Å². The first-order valence-electron chi connectivity index (χ1n) is 6.75. The minimum atomic E-state index is 0. The molecule has 2 N–H and O–H groups in total. The molecule has 5 nitrogen and oxygen atoms in total. The van der Waals surface area contributed by atoms with Crippen molar-refractivity contribution in [2.45, 2.75) is 45.7 Å². The van der Waals surface area contributed by atoms with Gasteiger partial charge in [-0.15, -0.1) is 12.4 Å². The molecule has 0 spiro atoms. The van der Waals surface area contributed by atoms with Crippen molar-refractivity contribution in [3.8, 4) is 0 Å². The zero-order chi connectivity index (χ0) is 13.8. The Balaban J connectivity index is 0.00000200. The highest BCUT2D eigenvalue weighted by Gasteiger charge is 2.15. The molecule has 0 aromatic carbocycles. The van der Waals surface area contributed by atoms with Crippen molar-refractivity contribution < 1.29 is 4.79 Å². The van der Waals surface area contributed by atoms with E-state index in [-0.39, 0.29) is 29.2 Å². The van der Waals surface area contributed by atoms with Crippen LogP contribution in [-0.4, -0.2) is 29.6 Å². The third-order valence-corrected chi connectivity index (χ3v) is 4.60. The van der Waals surface area contributed by atoms with Crippen molar-refractivity contribution in [1.82, 2.24) is 15.2 Å². The number of nitrogens with zero attached hydrogens (tertiary/aromatic N) is 1. The molecule has 0 saturated carbocycles. The lowest BCUT2D eigenvalue weighted by molar-refractivity contribution is -0.122. The highest BCUT2D eigenvalue weighted by molar-refractivity contribution is 7.09. The van der Waals surface area contributed by atoms with Crippen LogP contribution < -0.4 is 15.5 Å². The monoisotopic (exact) mass is 319 g/mol. The van der Waals surface area contributed by atoms with E-state index in [1.165, 1.54) is 11.3 Å². The first-order chi connectivity index (χ1) is 9.08. The molecule has 1 fully saturated rings. The van der Waals surface area contributed by atoms with E-state index in [0.29, 0.717) is 13.0 Å². The third kappa shape index (κ3) is 4.33. The minimum absolute atomic E-state index is 0. The van der Waals surface area contributed by atoms with Crippen LogP contribution in [0.15, 0.2) is 4.79 Å². The van der Waals surface area contributed by atoms with Gasteiger partial charge in [-0.2, -0.15) is 0 Å². The number of piperidine rings is 1. The van der Waals surface area contributed by atoms with Gasteiger partial charge in [0.1, 0.15) is 0 Å². The lowest BCUT2D eigenvalue weighted by Crippen LogP contribution is -2.45. The smallest absolute Gasteiger partial charge is 0.307 e. The summed E-state index contributed by atoms with van der Waals surface area (Å²) in [6.07, 6.45) is 2.51. The number of thiazole rings is 1. The van der Waals surface area contributed by atoms with Gasteiger partial charge in [-0.3, -0.25) is 9.59 Å². The molecular weight excluding hydrogens is 298 g/mol. The summed E-state index contributed by atoms with van der Waals surface area (Å²) in [6, 6.07) is 0.239. The van der Waals surface area contributed by atoms with Crippen molar-refractivity contribution in [2.24, 2.45) is 0 Å². The van der Waals surface area contributed by atoms with E-state index < -0.39 is 0 Å². The van der Waals surface area contributed by atoms with Crippen molar-refractivity contribution >= 4 is 29.7 Å². The number of hydrogen-bond acceptors (Lipinski definition) is 4. The summed E-state index contributed by atoms with van der Waals surface area (Å²) in [5, 5.41) is 6.29. The molecule has 114 valence electrons. The van der Waals surface area contributed by atoms with Crippen LogP contribution in [0.25, 0.3) is 0 Å². The Kier molecular flexibility index (Phi) is 6.71. The number of carbonyl (C=O) groups excluding carboxylic acids is 1. The summed E-state index contributed by atoms with van der Waals surface area (Å²) in [5.74, 6) is 0.0313. The normalized spacial score (nSPS) is 18.4. The molecule has 7 heteroatoms. The predicted octanol–water partition coefficient (Wildman–Crippen LogP) is 1.21. The SMILES string of the molecule is Cc1sc(=O)n(CCC(=O)N[C@H]2CCCNC2)c1C.Cl. The standard InChI is InChI=1S/C13H21N3O2S.ClH/c1-9-10(2)19-13(18)16(9)7-5-12(17)15-11-4-3-6-14-8-11;/h11,14H,3-8H2,1-2H3,(H,15,17);1H/t11-;/m0./s1. The van der Waals surface area contributed by atoms with Crippen LogP contribution in [0.2, 0.25) is 0 Å². The lowest BCUT2D eigenvalue weighted by Gasteiger charge is -2.23. The van der Waals surface area contributed by atoms with Crippen LogP contribution in [0.4, 0.5) is 0 Å². The first-order valence-corrected chi connectivity index (χ1v) is 7.56. The number of aromatic nitrogens is 1. The van der Waals surface area contributed by atoms with E-state index in [0.717, 1.165) is 36.5 Å². The van der Waals surface area contributed by atoms with Gasteiger partial charge in [0.25, 0.3) is 0 Å². The fourth-order valence-electron chi connectivity index (χ4n) is 2.33. The van der Waals surface area contributed by atoms with E-state index in [1.807, 2.05) is 13.8 Å². The van der Waals surface area contributed by atoms with Gasteiger partial charge in [0.05, 0.1) is 0 Å². The van der Waals surface area contributed by atoms with Gasteiger partial charge in [0.2, 0.25) is 5.91 Å². The maximum absolute atomic E-state index is 11.9. The van der Waals surface area contributed by atoms with Gasteiger partial charge >= 0.3 is 4.87 Å². The molecule has 0 aliphatic carbocycles. The van der Waals surface area contributed by atoms with Crippen LogP contribution in [0, 0.1) is 13.8 Å². The third-order valence-electron chi connectivity index (χ3n) is 3.60. The number of aryl methyl sites for hydroxylation is 1. The fourth-order valence-corrected chi connectivity index (χ4v) is 3.19. The lowest BCUT2D eigenvalue weighted by atomic mass is 10.1. The first kappa shape index (κ1) is 17.2. The summed E-state index contributed by atoms with van der Waals surface area (Å²) in [4.78, 5) is 24.6. The van der Waals surface area contributed by atoms with Crippen molar-refractivity contribution in [3.05, 3.63) is 20.2 Å². The zero-order valence-electron chi connectivity index (χ0n) is 11.9. The summed E-state index contributed by atoms with van der Waals surface area (Å²) in [7, 11) is 0. The minimum Gasteiger partial charge on any atom is -0.352 e. The molecule has 1 aliphatic heterocycles. The second-order valence-corrected chi connectivity index (χ2v) is 6.19. The van der Waals surface area contributed by atoms with Gasteiger partial charge < -0.3 is 15.2 Å². The summed E-state index contributed by atoms with van der Waals surface area (Å²) < 4.78 is 1.69. The summed E-state index contributed by atoms with van der Waals surface area (Å²) in [6.45, 7) is 6.22. The highest BCUT2D eigenvalue weighted by Crippen LogP contribution is 2.09. The molecule has 2 rings (SSSR count). The summed E-state index contributed by atoms with van der Waals surface area (Å²) >= 11 is 1.25. The molecule has 1 aliphatic rings. The van der Waals surface area contributed by atoms with Gasteiger partial charge in [-0.1, -0.05) is 11.3 Å². The molecule has 1 saturated heterocycles. The second kappa shape index (κ2) is 7.81. The molecule has 1 aromatic heterocycles. The Labute approximate surface area is 129 Å². The average molecular weight is 320 g/mol. The zero-order valence-corrected chi connectivity index (χ0v) is 13.5. The van der Waals surface area contributed by atoms with Crippen molar-refractivity contribution in [3.63, 3.8) is 0 Å². The molecular formula is C13H22ClN3O2S. The maximum atomic E-state index is 11.9. The topological polar surface area (TPSA) is 63.1 Å². The predicted molar refractivity (Wildman–Crippen MR) is 84.0 cm³/mol. The molecule has 20 heavy (non-hydrogen) atoms. The van der Waals surface area contributed by atoms with Gasteiger partial charge in [0, 0.05) is 36.1 Å². The van der Waals surface area contributed by atoms with E-state index >= 15 is 0 Å². The number of rotatable bonds is 4. The van der Waals surface area contributed by atoms with Gasteiger partial charge in [0.15, 0.2) is 0 Å². The van der Waals surface area contributed by atoms with Crippen LogP contribution >= 0.6 is 23.7 Å². The number of hydrogen-bond donors (Lipinski definition) is 2. The maximum Gasteiger partial charge on any atom is 0.307 e. The Bertz CT molecular complexity index is 506. The molecule has 0 bridgehead atoms. The van der Waals surface area contributed by atoms with Crippen LogP contribution in [0.5, 0.6) is 0 Å². The van der Waals surface area contributed by atoms with E-state index in [1.54, 1.807) is 4.57 Å². The summed E-state index contributed by atoms with van der Waals surface area (Å²) in [5.41, 5.74) is 0.974. The number of carbonyl (C=O) groups is 1. The molecule has 0 unspecified atom stereocenters. The van der Waals surface area contributed by atoms with Crippen molar-refractivity contribution in [2.75, 3.05) is 13.1 Å². The molecule has 1 atom stereocenters. The largest absolute Gasteiger partial charge is 0.352 e. The van der Waals surface area contributed by atoms with Gasteiger partial charge in [-0.05, 0) is 33.2 Å². The molecule has 1 amide bonds. The van der Waals surface area contributed by atoms with Crippen molar-refractivity contribution in [1.29, 1.82) is 0 Å². The van der Waals surface area contributed by atoms with Crippen LogP contribution in [-0.2, 0) is 11.3 Å².